The van der Waals surface area contributed by atoms with Crippen molar-refractivity contribution in [2.75, 3.05) is 0 Å². The minimum Gasteiger partial charge on any atom is -0.103 e. The molecule has 0 aromatic rings. The molecule has 76 valence electrons. The summed E-state index contributed by atoms with van der Waals surface area (Å²) in [6.45, 7) is 8.62. The molecule has 13 heavy (non-hydrogen) atoms. The SMILES string of the molecule is C=CC1CCCC1C(CC)CCC. The van der Waals surface area contributed by atoms with Crippen molar-refractivity contribution in [2.45, 2.75) is 52.4 Å². The molecule has 1 fully saturated rings. The van der Waals surface area contributed by atoms with Gasteiger partial charge in [0.05, 0.1) is 0 Å². The molecule has 0 heteroatoms. The zero-order valence-corrected chi connectivity index (χ0v) is 9.26. The van der Waals surface area contributed by atoms with E-state index in [1.165, 1.54) is 38.5 Å². The first-order valence-electron chi connectivity index (χ1n) is 5.96. The van der Waals surface area contributed by atoms with E-state index >= 15 is 0 Å². The van der Waals surface area contributed by atoms with E-state index in [-0.39, 0.29) is 0 Å². The van der Waals surface area contributed by atoms with Crippen molar-refractivity contribution in [1.29, 1.82) is 0 Å². The fourth-order valence-corrected chi connectivity index (χ4v) is 2.99. The summed E-state index contributed by atoms with van der Waals surface area (Å²) in [7, 11) is 0. The summed E-state index contributed by atoms with van der Waals surface area (Å²) in [6.07, 6.45) is 10.6. The standard InChI is InChI=1S/C13H24/c1-4-8-11(5-2)13-10-7-9-12(13)6-3/h6,11-13H,3-5,7-10H2,1-2H3. The van der Waals surface area contributed by atoms with Crippen LogP contribution < -0.4 is 0 Å². The average molecular weight is 180 g/mol. The molecule has 0 N–H and O–H groups in total. The Morgan fingerprint density at radius 1 is 1.38 bits per heavy atom. The maximum absolute atomic E-state index is 3.97. The minimum absolute atomic E-state index is 0.830. The third-order valence-corrected chi connectivity index (χ3v) is 3.72. The van der Waals surface area contributed by atoms with Crippen LogP contribution in [0.1, 0.15) is 52.4 Å². The lowest BCUT2D eigenvalue weighted by molar-refractivity contribution is 0.268. The Morgan fingerprint density at radius 2 is 2.15 bits per heavy atom. The van der Waals surface area contributed by atoms with Gasteiger partial charge in [0.2, 0.25) is 0 Å². The van der Waals surface area contributed by atoms with E-state index in [1.54, 1.807) is 0 Å². The third kappa shape index (κ3) is 2.59. The Kier molecular flexibility index (Phi) is 4.55. The highest BCUT2D eigenvalue weighted by atomic mass is 14.3. The van der Waals surface area contributed by atoms with Gasteiger partial charge in [0.15, 0.2) is 0 Å². The summed E-state index contributed by atoms with van der Waals surface area (Å²) in [4.78, 5) is 0. The first kappa shape index (κ1) is 10.8. The molecule has 0 radical (unpaired) electrons. The summed E-state index contributed by atoms with van der Waals surface area (Å²) in [6, 6.07) is 0. The van der Waals surface area contributed by atoms with Crippen LogP contribution in [0.25, 0.3) is 0 Å². The molecular formula is C13H24. The number of hydrogen-bond donors (Lipinski definition) is 0. The van der Waals surface area contributed by atoms with Crippen molar-refractivity contribution in [3.8, 4) is 0 Å². The normalized spacial score (nSPS) is 30.3. The van der Waals surface area contributed by atoms with E-state index in [1.807, 2.05) is 0 Å². The van der Waals surface area contributed by atoms with E-state index in [0.717, 1.165) is 17.8 Å². The van der Waals surface area contributed by atoms with Gasteiger partial charge in [0.1, 0.15) is 0 Å². The third-order valence-electron chi connectivity index (χ3n) is 3.72. The Bertz CT molecular complexity index is 148. The van der Waals surface area contributed by atoms with Crippen molar-refractivity contribution in [3.63, 3.8) is 0 Å². The maximum Gasteiger partial charge on any atom is -0.0205 e. The highest BCUT2D eigenvalue weighted by Gasteiger charge is 2.30. The molecule has 1 aliphatic rings. The molecule has 0 spiro atoms. The Balaban J connectivity index is 2.50. The second kappa shape index (κ2) is 5.47. The van der Waals surface area contributed by atoms with Crippen molar-refractivity contribution in [1.82, 2.24) is 0 Å². The zero-order chi connectivity index (χ0) is 9.68. The molecule has 1 aliphatic carbocycles. The molecule has 0 nitrogen and oxygen atoms in total. The van der Waals surface area contributed by atoms with Crippen molar-refractivity contribution < 1.29 is 0 Å². The molecule has 1 rings (SSSR count). The Labute approximate surface area is 83.4 Å². The molecule has 0 aliphatic heterocycles. The number of allylic oxidation sites excluding steroid dienone is 1. The van der Waals surface area contributed by atoms with Crippen LogP contribution in [0, 0.1) is 17.8 Å². The van der Waals surface area contributed by atoms with Crippen LogP contribution in [-0.2, 0) is 0 Å². The fourth-order valence-electron chi connectivity index (χ4n) is 2.99. The topological polar surface area (TPSA) is 0 Å². The molecule has 3 atom stereocenters. The van der Waals surface area contributed by atoms with E-state index in [9.17, 15) is 0 Å². The first-order valence-corrected chi connectivity index (χ1v) is 5.96. The van der Waals surface area contributed by atoms with E-state index in [4.69, 9.17) is 0 Å². The monoisotopic (exact) mass is 180 g/mol. The van der Waals surface area contributed by atoms with Gasteiger partial charge >= 0.3 is 0 Å². The van der Waals surface area contributed by atoms with Gasteiger partial charge in [-0.15, -0.1) is 6.58 Å². The zero-order valence-electron chi connectivity index (χ0n) is 9.26. The van der Waals surface area contributed by atoms with Gasteiger partial charge in [-0.1, -0.05) is 45.6 Å². The first-order chi connectivity index (χ1) is 6.33. The van der Waals surface area contributed by atoms with Gasteiger partial charge in [-0.2, -0.15) is 0 Å². The second-order valence-electron chi connectivity index (χ2n) is 4.45. The second-order valence-corrected chi connectivity index (χ2v) is 4.45. The van der Waals surface area contributed by atoms with Crippen molar-refractivity contribution >= 4 is 0 Å². The van der Waals surface area contributed by atoms with Gasteiger partial charge in [-0.05, 0) is 30.6 Å². The summed E-state index contributed by atoms with van der Waals surface area (Å²) in [5, 5.41) is 0. The molecule has 3 unspecified atom stereocenters. The largest absolute Gasteiger partial charge is 0.103 e. The van der Waals surface area contributed by atoms with Crippen LogP contribution in [0.15, 0.2) is 12.7 Å². The summed E-state index contributed by atoms with van der Waals surface area (Å²) < 4.78 is 0. The molecule has 0 aromatic heterocycles. The molecule has 1 saturated carbocycles. The number of rotatable bonds is 5. The van der Waals surface area contributed by atoms with Gasteiger partial charge in [-0.3, -0.25) is 0 Å². The molecule has 0 aromatic carbocycles. The van der Waals surface area contributed by atoms with E-state index < -0.39 is 0 Å². The van der Waals surface area contributed by atoms with Crippen LogP contribution in [0.3, 0.4) is 0 Å². The van der Waals surface area contributed by atoms with Crippen molar-refractivity contribution in [3.05, 3.63) is 12.7 Å². The highest BCUT2D eigenvalue weighted by molar-refractivity contribution is 4.91. The van der Waals surface area contributed by atoms with Crippen LogP contribution in [0.5, 0.6) is 0 Å². The van der Waals surface area contributed by atoms with Gasteiger partial charge in [-0.25, -0.2) is 0 Å². The summed E-state index contributed by atoms with van der Waals surface area (Å²) >= 11 is 0. The minimum atomic E-state index is 0.830. The predicted octanol–water partition coefficient (Wildman–Crippen LogP) is 4.42. The summed E-state index contributed by atoms with van der Waals surface area (Å²) in [5.41, 5.74) is 0. The quantitative estimate of drug-likeness (QED) is 0.550. The number of hydrogen-bond acceptors (Lipinski definition) is 0. The predicted molar refractivity (Wildman–Crippen MR) is 59.7 cm³/mol. The lowest BCUT2D eigenvalue weighted by atomic mass is 9.80. The molecule has 0 saturated heterocycles. The molecule has 0 bridgehead atoms. The Hall–Kier alpha value is -0.260. The molecular weight excluding hydrogens is 156 g/mol. The lowest BCUT2D eigenvalue weighted by Gasteiger charge is -2.25. The van der Waals surface area contributed by atoms with E-state index in [0.29, 0.717) is 0 Å². The molecule has 0 heterocycles. The maximum atomic E-state index is 3.97. The average Bonchev–Trinajstić information content (AvgIpc) is 2.61. The van der Waals surface area contributed by atoms with E-state index in [2.05, 4.69) is 26.5 Å². The van der Waals surface area contributed by atoms with Gasteiger partial charge in [0, 0.05) is 0 Å². The van der Waals surface area contributed by atoms with Crippen LogP contribution in [0.4, 0.5) is 0 Å². The molecule has 0 amide bonds. The lowest BCUT2D eigenvalue weighted by Crippen LogP contribution is -2.17. The van der Waals surface area contributed by atoms with Crippen LogP contribution >= 0.6 is 0 Å². The smallest absolute Gasteiger partial charge is 0.0205 e. The van der Waals surface area contributed by atoms with Crippen molar-refractivity contribution in [2.24, 2.45) is 17.8 Å². The van der Waals surface area contributed by atoms with Crippen LogP contribution in [-0.4, -0.2) is 0 Å². The fraction of sp³-hybridized carbons (Fsp3) is 0.846. The van der Waals surface area contributed by atoms with Crippen LogP contribution in [0.2, 0.25) is 0 Å². The summed E-state index contributed by atoms with van der Waals surface area (Å²) in [5.74, 6) is 2.76. The Morgan fingerprint density at radius 3 is 2.69 bits per heavy atom. The van der Waals surface area contributed by atoms with Gasteiger partial charge < -0.3 is 0 Å². The highest BCUT2D eigenvalue weighted by Crippen LogP contribution is 2.40. The van der Waals surface area contributed by atoms with Gasteiger partial charge in [0.25, 0.3) is 0 Å².